The van der Waals surface area contributed by atoms with Crippen molar-refractivity contribution < 1.29 is 13.6 Å². The Bertz CT molecular complexity index is 566. The second-order valence-electron chi connectivity index (χ2n) is 6.12. The first-order valence-corrected chi connectivity index (χ1v) is 7.05. The van der Waals surface area contributed by atoms with Crippen molar-refractivity contribution in [2.75, 3.05) is 19.6 Å². The molecule has 21 heavy (non-hydrogen) atoms. The molecule has 3 rings (SSSR count). The van der Waals surface area contributed by atoms with Crippen LogP contribution in [0.1, 0.15) is 24.2 Å². The molecule has 2 aliphatic heterocycles. The fourth-order valence-electron chi connectivity index (χ4n) is 3.39. The van der Waals surface area contributed by atoms with Crippen LogP contribution in [0.3, 0.4) is 0 Å². The van der Waals surface area contributed by atoms with E-state index in [1.54, 1.807) is 17.3 Å². The summed E-state index contributed by atoms with van der Waals surface area (Å²) in [6.07, 6.45) is 3.32. The lowest BCUT2D eigenvalue weighted by Gasteiger charge is -2.42. The molecule has 2 aliphatic rings. The molecular formula is C14H18F2N4O. The van der Waals surface area contributed by atoms with E-state index in [0.717, 1.165) is 5.69 Å². The van der Waals surface area contributed by atoms with Crippen molar-refractivity contribution in [1.29, 1.82) is 0 Å². The van der Waals surface area contributed by atoms with Crippen LogP contribution in [0.2, 0.25) is 0 Å². The third kappa shape index (κ3) is 2.88. The number of nitrogens with one attached hydrogen (secondary N) is 1. The van der Waals surface area contributed by atoms with E-state index >= 15 is 0 Å². The number of piperidine rings is 1. The zero-order valence-corrected chi connectivity index (χ0v) is 11.9. The Kier molecular flexibility index (Phi) is 3.39. The Morgan fingerprint density at radius 3 is 2.86 bits per heavy atom. The first kappa shape index (κ1) is 14.3. The molecule has 1 aromatic rings. The highest BCUT2D eigenvalue weighted by Crippen LogP contribution is 2.43. The van der Waals surface area contributed by atoms with E-state index in [0.29, 0.717) is 31.7 Å². The average molecular weight is 296 g/mol. The molecule has 1 amide bonds. The standard InChI is InChI=1S/C14H18F2N4O/c1-10-4-17-5-11(19-10)6-20-8-13(2-3-18-12(13)21)7-14(15,16)9-20/h4-5H,2-3,6-9H2,1H3,(H,18,21)/t13-/m1/s1. The summed E-state index contributed by atoms with van der Waals surface area (Å²) >= 11 is 0. The van der Waals surface area contributed by atoms with Crippen LogP contribution in [0.5, 0.6) is 0 Å². The van der Waals surface area contributed by atoms with Crippen molar-refractivity contribution in [1.82, 2.24) is 20.2 Å². The van der Waals surface area contributed by atoms with Gasteiger partial charge in [0.1, 0.15) is 0 Å². The summed E-state index contributed by atoms with van der Waals surface area (Å²) in [6, 6.07) is 0. The van der Waals surface area contributed by atoms with Gasteiger partial charge >= 0.3 is 0 Å². The van der Waals surface area contributed by atoms with Crippen LogP contribution < -0.4 is 5.32 Å². The average Bonchev–Trinajstić information content (AvgIpc) is 2.67. The van der Waals surface area contributed by atoms with Gasteiger partial charge in [-0.25, -0.2) is 8.78 Å². The van der Waals surface area contributed by atoms with Gasteiger partial charge in [0, 0.05) is 38.4 Å². The number of amides is 1. The van der Waals surface area contributed by atoms with Crippen LogP contribution in [0.25, 0.3) is 0 Å². The van der Waals surface area contributed by atoms with Crippen LogP contribution in [0.4, 0.5) is 8.78 Å². The van der Waals surface area contributed by atoms with Gasteiger partial charge in [0.15, 0.2) is 0 Å². The van der Waals surface area contributed by atoms with Crippen molar-refractivity contribution in [2.45, 2.75) is 32.2 Å². The van der Waals surface area contributed by atoms with Gasteiger partial charge in [-0.3, -0.25) is 19.7 Å². The Labute approximate surface area is 121 Å². The molecule has 0 bridgehead atoms. The Balaban J connectivity index is 1.80. The highest BCUT2D eigenvalue weighted by Gasteiger charge is 2.54. The number of carbonyl (C=O) groups excluding carboxylic acids is 1. The molecule has 0 unspecified atom stereocenters. The summed E-state index contributed by atoms with van der Waals surface area (Å²) in [5.74, 6) is -3.10. The van der Waals surface area contributed by atoms with Crippen LogP contribution >= 0.6 is 0 Å². The topological polar surface area (TPSA) is 58.1 Å². The van der Waals surface area contributed by atoms with E-state index in [1.807, 2.05) is 6.92 Å². The third-order valence-electron chi connectivity index (χ3n) is 4.14. The molecule has 0 saturated carbocycles. The second kappa shape index (κ2) is 4.98. The summed E-state index contributed by atoms with van der Waals surface area (Å²) in [6.45, 7) is 2.60. The van der Waals surface area contributed by atoms with E-state index < -0.39 is 11.3 Å². The van der Waals surface area contributed by atoms with Gasteiger partial charge < -0.3 is 5.32 Å². The number of likely N-dealkylation sites (tertiary alicyclic amines) is 1. The van der Waals surface area contributed by atoms with E-state index in [9.17, 15) is 13.6 Å². The Morgan fingerprint density at radius 1 is 1.38 bits per heavy atom. The van der Waals surface area contributed by atoms with E-state index in [-0.39, 0.29) is 18.9 Å². The summed E-state index contributed by atoms with van der Waals surface area (Å²) in [5.41, 5.74) is 0.449. The summed E-state index contributed by atoms with van der Waals surface area (Å²) in [4.78, 5) is 21.9. The minimum atomic E-state index is -2.85. The summed E-state index contributed by atoms with van der Waals surface area (Å²) in [7, 11) is 0. The molecular weight excluding hydrogens is 278 g/mol. The maximum Gasteiger partial charge on any atom is 0.261 e. The minimum absolute atomic E-state index is 0.248. The number of hydrogen-bond acceptors (Lipinski definition) is 4. The molecule has 2 fully saturated rings. The number of alkyl halides is 2. The molecule has 0 aromatic carbocycles. The van der Waals surface area contributed by atoms with E-state index in [2.05, 4.69) is 15.3 Å². The lowest BCUT2D eigenvalue weighted by atomic mass is 9.77. The predicted octanol–water partition coefficient (Wildman–Crippen LogP) is 1.13. The normalized spacial score (nSPS) is 28.8. The number of rotatable bonds is 2. The summed E-state index contributed by atoms with van der Waals surface area (Å²) in [5, 5.41) is 2.68. The third-order valence-corrected chi connectivity index (χ3v) is 4.14. The largest absolute Gasteiger partial charge is 0.356 e. The van der Waals surface area contributed by atoms with Crippen molar-refractivity contribution in [3.63, 3.8) is 0 Å². The molecule has 1 atom stereocenters. The number of hydrogen-bond donors (Lipinski definition) is 1. The molecule has 1 spiro atoms. The highest BCUT2D eigenvalue weighted by atomic mass is 19.3. The van der Waals surface area contributed by atoms with E-state index in [1.165, 1.54) is 0 Å². The number of nitrogens with zero attached hydrogens (tertiary/aromatic N) is 3. The molecule has 3 heterocycles. The quantitative estimate of drug-likeness (QED) is 0.889. The second-order valence-corrected chi connectivity index (χ2v) is 6.12. The fourth-order valence-corrected chi connectivity index (χ4v) is 3.39. The molecule has 7 heteroatoms. The molecule has 1 aromatic heterocycles. The van der Waals surface area contributed by atoms with Gasteiger partial charge in [-0.05, 0) is 13.3 Å². The highest BCUT2D eigenvalue weighted by molar-refractivity contribution is 5.85. The number of aromatic nitrogens is 2. The Hall–Kier alpha value is -1.63. The maximum absolute atomic E-state index is 14.0. The smallest absolute Gasteiger partial charge is 0.261 e. The lowest BCUT2D eigenvalue weighted by Crippen LogP contribution is -2.55. The van der Waals surface area contributed by atoms with Crippen molar-refractivity contribution in [3.05, 3.63) is 23.8 Å². The molecule has 0 aliphatic carbocycles. The SMILES string of the molecule is Cc1cncc(CN2CC(F)(F)C[C@]3(CCNC3=O)C2)n1. The first-order valence-electron chi connectivity index (χ1n) is 7.05. The zero-order valence-electron chi connectivity index (χ0n) is 11.9. The van der Waals surface area contributed by atoms with Gasteiger partial charge in [-0.1, -0.05) is 0 Å². The number of halogens is 2. The van der Waals surface area contributed by atoms with Crippen LogP contribution in [0, 0.1) is 12.3 Å². The van der Waals surface area contributed by atoms with Gasteiger partial charge in [-0.15, -0.1) is 0 Å². The van der Waals surface area contributed by atoms with Gasteiger partial charge in [0.2, 0.25) is 5.91 Å². The minimum Gasteiger partial charge on any atom is -0.356 e. The van der Waals surface area contributed by atoms with Crippen LogP contribution in [-0.4, -0.2) is 46.3 Å². The summed E-state index contributed by atoms with van der Waals surface area (Å²) < 4.78 is 28.1. The lowest BCUT2D eigenvalue weighted by molar-refractivity contribution is -0.149. The number of carbonyl (C=O) groups is 1. The number of aryl methyl sites for hydroxylation is 1. The van der Waals surface area contributed by atoms with E-state index in [4.69, 9.17) is 0 Å². The zero-order chi connectivity index (χ0) is 15.1. The maximum atomic E-state index is 14.0. The van der Waals surface area contributed by atoms with Crippen LogP contribution in [0.15, 0.2) is 12.4 Å². The molecule has 5 nitrogen and oxygen atoms in total. The van der Waals surface area contributed by atoms with Crippen molar-refractivity contribution >= 4 is 5.91 Å². The molecule has 0 radical (unpaired) electrons. The molecule has 114 valence electrons. The molecule has 1 N–H and O–H groups in total. The fraction of sp³-hybridized carbons (Fsp3) is 0.643. The first-order chi connectivity index (χ1) is 9.89. The van der Waals surface area contributed by atoms with Crippen molar-refractivity contribution in [3.8, 4) is 0 Å². The van der Waals surface area contributed by atoms with Gasteiger partial charge in [0.05, 0.1) is 23.3 Å². The Morgan fingerprint density at radius 2 is 2.19 bits per heavy atom. The van der Waals surface area contributed by atoms with Gasteiger partial charge in [0.25, 0.3) is 5.92 Å². The van der Waals surface area contributed by atoms with Crippen molar-refractivity contribution in [2.24, 2.45) is 5.41 Å². The van der Waals surface area contributed by atoms with Crippen LogP contribution in [-0.2, 0) is 11.3 Å². The molecule has 2 saturated heterocycles. The van der Waals surface area contributed by atoms with Gasteiger partial charge in [-0.2, -0.15) is 0 Å². The predicted molar refractivity (Wildman–Crippen MR) is 71.7 cm³/mol. The monoisotopic (exact) mass is 296 g/mol.